The lowest BCUT2D eigenvalue weighted by molar-refractivity contribution is 0.0926. The number of ether oxygens (including phenoxy) is 1. The van der Waals surface area contributed by atoms with Crippen molar-refractivity contribution in [2.24, 2.45) is 0 Å². The molecule has 2 aromatic rings. The Hall–Kier alpha value is -2.23. The summed E-state index contributed by atoms with van der Waals surface area (Å²) in [4.78, 5) is 12.5. The Morgan fingerprint density at radius 1 is 1.17 bits per heavy atom. The Morgan fingerprint density at radius 3 is 2.43 bits per heavy atom. The van der Waals surface area contributed by atoms with Gasteiger partial charge in [0.15, 0.2) is 11.6 Å². The van der Waals surface area contributed by atoms with Gasteiger partial charge >= 0.3 is 0 Å². The van der Waals surface area contributed by atoms with E-state index in [2.05, 4.69) is 5.32 Å². The molecule has 0 heterocycles. The molecule has 0 saturated carbocycles. The van der Waals surface area contributed by atoms with Crippen LogP contribution in [0.5, 0.6) is 5.75 Å². The molecule has 6 nitrogen and oxygen atoms in total. The van der Waals surface area contributed by atoms with E-state index in [-0.39, 0.29) is 33.9 Å². The van der Waals surface area contributed by atoms with E-state index < -0.39 is 33.6 Å². The molecule has 0 radical (unpaired) electrons. The molecule has 0 aliphatic heterocycles. The van der Waals surface area contributed by atoms with Crippen LogP contribution in [0.25, 0.3) is 0 Å². The first-order chi connectivity index (χ1) is 13.9. The summed E-state index contributed by atoms with van der Waals surface area (Å²) < 4.78 is 58.4. The summed E-state index contributed by atoms with van der Waals surface area (Å²) in [7, 11) is -2.35. The number of hydrogen-bond acceptors (Lipinski definition) is 4. The van der Waals surface area contributed by atoms with Gasteiger partial charge < -0.3 is 10.1 Å². The number of carbonyl (C=O) groups excluding carboxylic acids is 1. The maximum atomic E-state index is 13.6. The van der Waals surface area contributed by atoms with Crippen LogP contribution in [0.4, 0.5) is 8.78 Å². The second kappa shape index (κ2) is 9.72. The van der Waals surface area contributed by atoms with Crippen molar-refractivity contribution < 1.29 is 26.7 Å². The summed E-state index contributed by atoms with van der Waals surface area (Å²) in [6, 6.07) is 5.93. The molecule has 2 rings (SSSR count). The molecule has 1 unspecified atom stereocenters. The predicted molar refractivity (Wildman–Crippen MR) is 110 cm³/mol. The number of amides is 1. The fourth-order valence-electron chi connectivity index (χ4n) is 2.43. The van der Waals surface area contributed by atoms with Crippen molar-refractivity contribution in [2.45, 2.75) is 37.8 Å². The first-order valence-corrected chi connectivity index (χ1v) is 10.9. The second-order valence-electron chi connectivity index (χ2n) is 7.02. The van der Waals surface area contributed by atoms with E-state index in [1.807, 2.05) is 0 Å². The van der Waals surface area contributed by atoms with E-state index in [0.717, 1.165) is 12.1 Å². The van der Waals surface area contributed by atoms with E-state index in [4.69, 9.17) is 16.3 Å². The Kier molecular flexibility index (Phi) is 7.79. The molecule has 10 heteroatoms. The molecule has 0 spiro atoms. The molecular weight excluding hydrogens is 438 g/mol. The highest BCUT2D eigenvalue weighted by atomic mass is 35.5. The zero-order valence-electron chi connectivity index (χ0n) is 16.9. The average Bonchev–Trinajstić information content (AvgIpc) is 2.66. The molecule has 0 bridgehead atoms. The second-order valence-corrected chi connectivity index (χ2v) is 9.42. The van der Waals surface area contributed by atoms with Crippen molar-refractivity contribution in [1.29, 1.82) is 0 Å². The van der Waals surface area contributed by atoms with Crippen molar-refractivity contribution in [2.75, 3.05) is 13.7 Å². The molecule has 0 saturated heterocycles. The summed E-state index contributed by atoms with van der Waals surface area (Å²) in [6.07, 6.45) is 0. The van der Waals surface area contributed by atoms with Gasteiger partial charge in [-0.2, -0.15) is 4.31 Å². The number of halogens is 3. The molecule has 1 atom stereocenters. The first-order valence-electron chi connectivity index (χ1n) is 9.09. The largest absolute Gasteiger partial charge is 0.488 e. The van der Waals surface area contributed by atoms with Gasteiger partial charge in [-0.15, -0.1) is 0 Å². The summed E-state index contributed by atoms with van der Waals surface area (Å²) in [5.74, 6) is -2.35. The van der Waals surface area contributed by atoms with Crippen molar-refractivity contribution in [3.05, 3.63) is 58.6 Å². The molecule has 2 aromatic carbocycles. The average molecular weight is 461 g/mol. The Balaban J connectivity index is 2.12. The minimum Gasteiger partial charge on any atom is -0.488 e. The summed E-state index contributed by atoms with van der Waals surface area (Å²) >= 11 is 6.09. The van der Waals surface area contributed by atoms with Crippen molar-refractivity contribution in [3.63, 3.8) is 0 Å². The lowest BCUT2D eigenvalue weighted by Crippen LogP contribution is -2.37. The van der Waals surface area contributed by atoms with E-state index in [1.165, 1.54) is 29.6 Å². The Morgan fingerprint density at radius 2 is 1.83 bits per heavy atom. The minimum atomic E-state index is -3.80. The summed E-state index contributed by atoms with van der Waals surface area (Å²) in [6.45, 7) is 4.97. The fourth-order valence-corrected chi connectivity index (χ4v) is 4.03. The zero-order chi connectivity index (χ0) is 22.6. The molecule has 1 N–H and O–H groups in total. The third-order valence-electron chi connectivity index (χ3n) is 4.35. The third-order valence-corrected chi connectivity index (χ3v) is 6.71. The monoisotopic (exact) mass is 460 g/mol. The van der Waals surface area contributed by atoms with Crippen LogP contribution < -0.4 is 10.1 Å². The fraction of sp³-hybridized carbons (Fsp3) is 0.350. The van der Waals surface area contributed by atoms with Crippen molar-refractivity contribution >= 4 is 27.5 Å². The molecule has 0 aliphatic carbocycles. The lowest BCUT2D eigenvalue weighted by atomic mass is 10.2. The molecule has 1 amide bonds. The van der Waals surface area contributed by atoms with Gasteiger partial charge in [0, 0.05) is 19.2 Å². The zero-order valence-corrected chi connectivity index (χ0v) is 18.5. The summed E-state index contributed by atoms with van der Waals surface area (Å²) in [5, 5.41) is 2.70. The smallest absolute Gasteiger partial charge is 0.253 e. The van der Waals surface area contributed by atoms with Crippen molar-refractivity contribution in [1.82, 2.24) is 9.62 Å². The van der Waals surface area contributed by atoms with E-state index in [0.29, 0.717) is 6.07 Å². The maximum absolute atomic E-state index is 13.6. The van der Waals surface area contributed by atoms with Crippen LogP contribution in [0.3, 0.4) is 0 Å². The van der Waals surface area contributed by atoms with E-state index >= 15 is 0 Å². The van der Waals surface area contributed by atoms with Crippen molar-refractivity contribution in [3.8, 4) is 5.75 Å². The molecular formula is C20H23ClF2N2O4S. The third kappa shape index (κ3) is 5.68. The quantitative estimate of drug-likeness (QED) is 0.649. The molecule has 164 valence electrons. The van der Waals surface area contributed by atoms with Crippen LogP contribution in [0.2, 0.25) is 5.02 Å². The predicted octanol–water partition coefficient (Wildman–Crippen LogP) is 3.84. The van der Waals surface area contributed by atoms with Gasteiger partial charge in [-0.3, -0.25) is 4.79 Å². The molecule has 0 aliphatic rings. The van der Waals surface area contributed by atoms with E-state index in [1.54, 1.807) is 20.8 Å². The number of rotatable bonds is 8. The van der Waals surface area contributed by atoms with Crippen LogP contribution in [-0.2, 0) is 10.0 Å². The highest BCUT2D eigenvalue weighted by molar-refractivity contribution is 7.89. The van der Waals surface area contributed by atoms with Gasteiger partial charge in [-0.05, 0) is 51.1 Å². The van der Waals surface area contributed by atoms with Gasteiger partial charge in [0.1, 0.15) is 12.4 Å². The Labute approximate surface area is 179 Å². The number of sulfonamides is 1. The highest BCUT2D eigenvalue weighted by Gasteiger charge is 2.25. The van der Waals surface area contributed by atoms with Crippen LogP contribution in [0.1, 0.15) is 31.1 Å². The number of nitrogens with one attached hydrogen (secondary N) is 1. The molecule has 0 aromatic heterocycles. The normalized spacial score (nSPS) is 12.8. The van der Waals surface area contributed by atoms with E-state index in [9.17, 15) is 22.0 Å². The van der Waals surface area contributed by atoms with Gasteiger partial charge in [0.25, 0.3) is 5.91 Å². The van der Waals surface area contributed by atoms with Crippen LogP contribution in [-0.4, -0.2) is 44.4 Å². The van der Waals surface area contributed by atoms with Gasteiger partial charge in [0.2, 0.25) is 10.0 Å². The maximum Gasteiger partial charge on any atom is 0.253 e. The minimum absolute atomic E-state index is 0.0188. The molecule has 30 heavy (non-hydrogen) atoms. The summed E-state index contributed by atoms with van der Waals surface area (Å²) in [5.41, 5.74) is -0.0188. The number of hydrogen-bond donors (Lipinski definition) is 1. The van der Waals surface area contributed by atoms with Crippen LogP contribution in [0, 0.1) is 11.6 Å². The van der Waals surface area contributed by atoms with Gasteiger partial charge in [-0.25, -0.2) is 17.2 Å². The first kappa shape index (κ1) is 24.0. The number of carbonyl (C=O) groups is 1. The lowest BCUT2D eigenvalue weighted by Gasteiger charge is -2.21. The standard InChI is InChI=1S/C20H23ClF2N2O4S/c1-12(2)25(4)30(27,28)15-6-7-17(21)16(10-15)20(26)24-13(3)11-29-19-8-5-14(22)9-18(19)23/h5-10,12-13H,11H2,1-4H3,(H,24,26). The number of nitrogens with zero attached hydrogens (tertiary/aromatic N) is 1. The number of benzene rings is 2. The van der Waals surface area contributed by atoms with Gasteiger partial charge in [-0.1, -0.05) is 11.6 Å². The van der Waals surface area contributed by atoms with Gasteiger partial charge in [0.05, 0.1) is 21.5 Å². The van der Waals surface area contributed by atoms with Crippen LogP contribution >= 0.6 is 11.6 Å². The highest BCUT2D eigenvalue weighted by Crippen LogP contribution is 2.24. The SMILES string of the molecule is CC(COc1ccc(F)cc1F)NC(=O)c1cc(S(=O)(=O)N(C)C(C)C)ccc1Cl. The van der Waals surface area contributed by atoms with Crippen LogP contribution in [0.15, 0.2) is 41.3 Å². The Bertz CT molecular complexity index is 1030. The molecule has 0 fully saturated rings. The topological polar surface area (TPSA) is 75.7 Å².